The van der Waals surface area contributed by atoms with Gasteiger partial charge < -0.3 is 5.73 Å². The lowest BCUT2D eigenvalue weighted by atomic mass is 9.92. The molecule has 0 aliphatic heterocycles. The molecule has 0 bridgehead atoms. The largest absolute Gasteiger partial charge is 0.327 e. The van der Waals surface area contributed by atoms with Gasteiger partial charge in [0, 0.05) is 6.54 Å². The molecule has 0 heterocycles. The van der Waals surface area contributed by atoms with E-state index in [-0.39, 0.29) is 0 Å². The molecule has 0 unspecified atom stereocenters. The molecule has 0 aromatic heterocycles. The van der Waals surface area contributed by atoms with Crippen LogP contribution in [-0.4, -0.2) is 6.54 Å². The van der Waals surface area contributed by atoms with Crippen molar-refractivity contribution in [1.82, 2.24) is 0 Å². The van der Waals surface area contributed by atoms with E-state index in [0.29, 0.717) is 6.54 Å². The van der Waals surface area contributed by atoms with Crippen LogP contribution in [0.1, 0.15) is 24.0 Å². The summed E-state index contributed by atoms with van der Waals surface area (Å²) in [6.07, 6.45) is 13.2. The van der Waals surface area contributed by atoms with Gasteiger partial charge >= 0.3 is 0 Å². The molecular weight excluding hydrogens is 254 g/mol. The van der Waals surface area contributed by atoms with E-state index in [1.807, 2.05) is 12.2 Å². The standard InChI is InChI=1S/C20H23N/c1-3-5-18(15-21)14-17-8-12-20(13-9-17)19-10-6-16(4-2)7-11-19/h3-6,8-10,12-13H,1-2,7,11,14-15,21H2/b18-5-. The van der Waals surface area contributed by atoms with Gasteiger partial charge in [0.25, 0.3) is 0 Å². The molecule has 1 aromatic rings. The van der Waals surface area contributed by atoms with Crippen molar-refractivity contribution in [2.45, 2.75) is 19.3 Å². The van der Waals surface area contributed by atoms with Gasteiger partial charge in [-0.3, -0.25) is 0 Å². The van der Waals surface area contributed by atoms with Gasteiger partial charge in [0.15, 0.2) is 0 Å². The van der Waals surface area contributed by atoms with Crippen LogP contribution in [0, 0.1) is 0 Å². The Kier molecular flexibility index (Phi) is 5.53. The predicted octanol–water partition coefficient (Wildman–Crippen LogP) is 4.59. The average Bonchev–Trinajstić information content (AvgIpc) is 2.55. The minimum absolute atomic E-state index is 0.577. The summed E-state index contributed by atoms with van der Waals surface area (Å²) in [4.78, 5) is 0. The van der Waals surface area contributed by atoms with Gasteiger partial charge in [-0.15, -0.1) is 0 Å². The Labute approximate surface area is 127 Å². The zero-order valence-corrected chi connectivity index (χ0v) is 12.5. The Hall–Kier alpha value is -2.12. The molecule has 108 valence electrons. The molecule has 0 atom stereocenters. The number of hydrogen-bond acceptors (Lipinski definition) is 1. The van der Waals surface area contributed by atoms with Gasteiger partial charge in [-0.1, -0.05) is 73.4 Å². The van der Waals surface area contributed by atoms with Gasteiger partial charge in [0.2, 0.25) is 0 Å². The van der Waals surface area contributed by atoms with Crippen LogP contribution in [0.3, 0.4) is 0 Å². The molecule has 0 spiro atoms. The Bertz CT molecular complexity index is 597. The van der Waals surface area contributed by atoms with E-state index in [1.165, 1.54) is 27.8 Å². The lowest BCUT2D eigenvalue weighted by Gasteiger charge is -2.13. The molecule has 0 amide bonds. The first-order valence-corrected chi connectivity index (χ1v) is 7.39. The quantitative estimate of drug-likeness (QED) is 0.756. The monoisotopic (exact) mass is 277 g/mol. The molecule has 0 saturated carbocycles. The second-order valence-electron chi connectivity index (χ2n) is 5.28. The molecule has 2 N–H and O–H groups in total. The minimum Gasteiger partial charge on any atom is -0.327 e. The van der Waals surface area contributed by atoms with Crippen molar-refractivity contribution in [3.63, 3.8) is 0 Å². The van der Waals surface area contributed by atoms with Crippen LogP contribution in [0.5, 0.6) is 0 Å². The fourth-order valence-corrected chi connectivity index (χ4v) is 2.53. The second kappa shape index (κ2) is 7.61. The fraction of sp³-hybridized carbons (Fsp3) is 0.200. The summed E-state index contributed by atoms with van der Waals surface area (Å²) in [5.41, 5.74) is 12.2. The van der Waals surface area contributed by atoms with Crippen molar-refractivity contribution >= 4 is 5.57 Å². The Balaban J connectivity index is 2.11. The zero-order chi connectivity index (χ0) is 15.1. The minimum atomic E-state index is 0.577. The summed E-state index contributed by atoms with van der Waals surface area (Å²) in [5, 5.41) is 0. The third-order valence-electron chi connectivity index (χ3n) is 3.82. The Morgan fingerprint density at radius 2 is 1.86 bits per heavy atom. The highest BCUT2D eigenvalue weighted by Gasteiger charge is 2.07. The smallest absolute Gasteiger partial charge is 0.0143 e. The van der Waals surface area contributed by atoms with Crippen molar-refractivity contribution in [3.8, 4) is 0 Å². The molecule has 1 nitrogen and oxygen atoms in total. The van der Waals surface area contributed by atoms with Crippen molar-refractivity contribution in [2.24, 2.45) is 5.73 Å². The predicted molar refractivity (Wildman–Crippen MR) is 93.0 cm³/mol. The molecule has 1 aliphatic rings. The highest BCUT2D eigenvalue weighted by molar-refractivity contribution is 5.69. The molecule has 1 heteroatoms. The number of benzene rings is 1. The van der Waals surface area contributed by atoms with Crippen LogP contribution in [0.15, 0.2) is 78.9 Å². The maximum atomic E-state index is 5.74. The Morgan fingerprint density at radius 1 is 1.10 bits per heavy atom. The summed E-state index contributed by atoms with van der Waals surface area (Å²) in [5.74, 6) is 0. The van der Waals surface area contributed by atoms with Gasteiger partial charge in [0.05, 0.1) is 0 Å². The molecule has 0 saturated heterocycles. The van der Waals surface area contributed by atoms with Gasteiger partial charge in [-0.05, 0) is 41.5 Å². The van der Waals surface area contributed by atoms with E-state index in [9.17, 15) is 0 Å². The lowest BCUT2D eigenvalue weighted by molar-refractivity contribution is 1.01. The van der Waals surface area contributed by atoms with Crippen LogP contribution >= 0.6 is 0 Å². The van der Waals surface area contributed by atoms with E-state index in [0.717, 1.165) is 19.3 Å². The highest BCUT2D eigenvalue weighted by Crippen LogP contribution is 2.27. The molecule has 21 heavy (non-hydrogen) atoms. The lowest BCUT2D eigenvalue weighted by Crippen LogP contribution is -2.05. The first-order chi connectivity index (χ1) is 10.3. The summed E-state index contributed by atoms with van der Waals surface area (Å²) < 4.78 is 0. The van der Waals surface area contributed by atoms with Crippen molar-refractivity contribution in [2.75, 3.05) is 6.54 Å². The SMILES string of the molecule is C=C/C=C(\CN)Cc1ccc(C2=CC=C(C=C)CC2)cc1. The summed E-state index contributed by atoms with van der Waals surface area (Å²) >= 11 is 0. The number of rotatable bonds is 6. The number of hydrogen-bond donors (Lipinski definition) is 1. The van der Waals surface area contributed by atoms with Crippen LogP contribution < -0.4 is 5.73 Å². The van der Waals surface area contributed by atoms with Gasteiger partial charge in [0.1, 0.15) is 0 Å². The van der Waals surface area contributed by atoms with Crippen LogP contribution in [0.2, 0.25) is 0 Å². The van der Waals surface area contributed by atoms with E-state index < -0.39 is 0 Å². The summed E-state index contributed by atoms with van der Waals surface area (Å²) in [6, 6.07) is 8.79. The van der Waals surface area contributed by atoms with E-state index >= 15 is 0 Å². The van der Waals surface area contributed by atoms with Gasteiger partial charge in [-0.25, -0.2) is 0 Å². The summed E-state index contributed by atoms with van der Waals surface area (Å²) in [7, 11) is 0. The molecule has 2 rings (SSSR count). The molecular formula is C20H23N. The maximum absolute atomic E-state index is 5.74. The maximum Gasteiger partial charge on any atom is 0.0143 e. The number of nitrogens with two attached hydrogens (primary N) is 1. The first-order valence-electron chi connectivity index (χ1n) is 7.39. The van der Waals surface area contributed by atoms with Crippen LogP contribution in [-0.2, 0) is 6.42 Å². The van der Waals surface area contributed by atoms with E-state index in [2.05, 4.69) is 49.6 Å². The molecule has 1 aromatic carbocycles. The fourth-order valence-electron chi connectivity index (χ4n) is 2.53. The molecule has 0 fully saturated rings. The highest BCUT2D eigenvalue weighted by atomic mass is 14.5. The van der Waals surface area contributed by atoms with Crippen molar-refractivity contribution in [3.05, 3.63) is 90.1 Å². The van der Waals surface area contributed by atoms with Crippen LogP contribution in [0.4, 0.5) is 0 Å². The number of allylic oxidation sites excluding steroid dienone is 7. The van der Waals surface area contributed by atoms with Gasteiger partial charge in [-0.2, -0.15) is 0 Å². The average molecular weight is 277 g/mol. The zero-order valence-electron chi connectivity index (χ0n) is 12.5. The van der Waals surface area contributed by atoms with Crippen molar-refractivity contribution < 1.29 is 0 Å². The second-order valence-corrected chi connectivity index (χ2v) is 5.28. The Morgan fingerprint density at radius 3 is 2.38 bits per heavy atom. The molecule has 1 aliphatic carbocycles. The van der Waals surface area contributed by atoms with Crippen LogP contribution in [0.25, 0.3) is 5.57 Å². The van der Waals surface area contributed by atoms with E-state index in [1.54, 1.807) is 6.08 Å². The summed E-state index contributed by atoms with van der Waals surface area (Å²) in [6.45, 7) is 8.13. The third-order valence-corrected chi connectivity index (χ3v) is 3.82. The van der Waals surface area contributed by atoms with Crippen molar-refractivity contribution in [1.29, 1.82) is 0 Å². The van der Waals surface area contributed by atoms with E-state index in [4.69, 9.17) is 5.73 Å². The third kappa shape index (κ3) is 4.17. The molecule has 0 radical (unpaired) electrons. The normalized spacial score (nSPS) is 15.2. The topological polar surface area (TPSA) is 26.0 Å². The first kappa shape index (κ1) is 15.3.